The van der Waals surface area contributed by atoms with Crippen molar-refractivity contribution in [3.8, 4) is 0 Å². The molecule has 6 nitrogen and oxygen atoms in total. The van der Waals surface area contributed by atoms with E-state index in [1.54, 1.807) is 17.8 Å². The second-order valence-electron chi connectivity index (χ2n) is 5.62. The molecule has 1 aliphatic rings. The van der Waals surface area contributed by atoms with E-state index in [4.69, 9.17) is 16.4 Å². The molecule has 0 atom stereocenters. The third-order valence-corrected chi connectivity index (χ3v) is 5.75. The van der Waals surface area contributed by atoms with Gasteiger partial charge in [-0.1, -0.05) is 16.8 Å². The van der Waals surface area contributed by atoms with Crippen LogP contribution in [-0.2, 0) is 11.4 Å². The Hall–Kier alpha value is -1.99. The largest absolute Gasteiger partial charge is 0.399 e. The highest BCUT2D eigenvalue weighted by molar-refractivity contribution is 7.99. The smallest absolute Gasteiger partial charge is 0.277 e. The molecule has 25 heavy (non-hydrogen) atoms. The van der Waals surface area contributed by atoms with Crippen molar-refractivity contribution in [2.75, 3.05) is 12.9 Å². The van der Waals surface area contributed by atoms with Gasteiger partial charge in [0.15, 0.2) is 0 Å². The number of ketones is 1. The van der Waals surface area contributed by atoms with Gasteiger partial charge in [-0.2, -0.15) is 0 Å². The van der Waals surface area contributed by atoms with E-state index in [0.29, 0.717) is 17.1 Å². The molecule has 0 unspecified atom stereocenters. The number of halogens is 1. The number of rotatable bonds is 4. The molecular weight excluding hydrogens is 362 g/mol. The highest BCUT2D eigenvalue weighted by atomic mass is 35.5. The van der Waals surface area contributed by atoms with Crippen LogP contribution in [0.1, 0.15) is 40.4 Å². The number of hydrogen-bond donors (Lipinski definition) is 1. The van der Waals surface area contributed by atoms with Crippen LogP contribution in [-0.4, -0.2) is 34.1 Å². The Morgan fingerprint density at radius 2 is 2.24 bits per heavy atom. The van der Waals surface area contributed by atoms with Gasteiger partial charge in [-0.15, -0.1) is 11.8 Å². The first-order valence-electron chi connectivity index (χ1n) is 7.88. The van der Waals surface area contributed by atoms with E-state index in [9.17, 15) is 9.59 Å². The van der Waals surface area contributed by atoms with Crippen molar-refractivity contribution in [1.29, 1.82) is 0 Å². The van der Waals surface area contributed by atoms with Gasteiger partial charge in [-0.05, 0) is 25.5 Å². The lowest BCUT2D eigenvalue weighted by Gasteiger charge is -2.22. The fourth-order valence-corrected chi connectivity index (χ4v) is 4.46. The summed E-state index contributed by atoms with van der Waals surface area (Å²) in [5.74, 6) is 0.503. The van der Waals surface area contributed by atoms with Crippen molar-refractivity contribution in [2.24, 2.45) is 5.16 Å². The summed E-state index contributed by atoms with van der Waals surface area (Å²) in [6, 6.07) is 1.64. The van der Waals surface area contributed by atoms with Gasteiger partial charge in [0.1, 0.15) is 12.7 Å². The minimum Gasteiger partial charge on any atom is -0.399 e. The van der Waals surface area contributed by atoms with Crippen LogP contribution in [0.15, 0.2) is 27.1 Å². The van der Waals surface area contributed by atoms with Crippen molar-refractivity contribution in [3.05, 3.63) is 49.9 Å². The number of nitrogens with one attached hydrogen (secondary N) is 1. The van der Waals surface area contributed by atoms with Crippen molar-refractivity contribution < 1.29 is 9.63 Å². The van der Waals surface area contributed by atoms with Gasteiger partial charge in [0, 0.05) is 40.9 Å². The van der Waals surface area contributed by atoms with Crippen LogP contribution in [0.2, 0.25) is 5.02 Å². The van der Waals surface area contributed by atoms with E-state index in [0.717, 1.165) is 33.9 Å². The Morgan fingerprint density at radius 1 is 1.48 bits per heavy atom. The Bertz CT molecular complexity index is 930. The number of benzene rings is 1. The molecule has 0 fully saturated rings. The standard InChI is InChI=1S/C17H18ClN3O3S/c1-4-21-17(23)11(8-19-21)15(22)10-7-12(18)16-14(9(10)2)13(20-24-3)5-6-25-16/h7-8,19H,4-6H2,1-3H3. The predicted molar refractivity (Wildman–Crippen MR) is 99.2 cm³/mol. The first-order valence-corrected chi connectivity index (χ1v) is 9.25. The number of fused-ring (bicyclic) bond motifs is 1. The maximum absolute atomic E-state index is 12.9. The van der Waals surface area contributed by atoms with Crippen molar-refractivity contribution >= 4 is 34.9 Å². The maximum atomic E-state index is 12.9. The number of oxime groups is 1. The lowest BCUT2D eigenvalue weighted by molar-refractivity contribution is 0.103. The average Bonchev–Trinajstić information content (AvgIpc) is 2.98. The monoisotopic (exact) mass is 379 g/mol. The summed E-state index contributed by atoms with van der Waals surface area (Å²) in [5, 5.41) is 7.39. The summed E-state index contributed by atoms with van der Waals surface area (Å²) < 4.78 is 1.39. The molecule has 0 amide bonds. The molecule has 1 N–H and O–H groups in total. The van der Waals surface area contributed by atoms with Crippen molar-refractivity contribution in [1.82, 2.24) is 9.78 Å². The normalized spacial score (nSPS) is 15.3. The van der Waals surface area contributed by atoms with Crippen LogP contribution in [0, 0.1) is 6.92 Å². The van der Waals surface area contributed by atoms with Crippen molar-refractivity contribution in [2.45, 2.75) is 31.7 Å². The van der Waals surface area contributed by atoms with Gasteiger partial charge >= 0.3 is 0 Å². The number of nitrogens with zero attached hydrogens (tertiary/aromatic N) is 2. The van der Waals surface area contributed by atoms with Gasteiger partial charge < -0.3 is 9.94 Å². The molecular formula is C17H18ClN3O3S. The molecule has 2 aromatic rings. The molecule has 132 valence electrons. The van der Waals surface area contributed by atoms with E-state index in [1.807, 2.05) is 13.8 Å². The van der Waals surface area contributed by atoms with Gasteiger partial charge in [-0.25, -0.2) is 0 Å². The number of aromatic amines is 1. The Morgan fingerprint density at radius 3 is 2.88 bits per heavy atom. The quantitative estimate of drug-likeness (QED) is 0.653. The molecule has 2 heterocycles. The minimum absolute atomic E-state index is 0.106. The van der Waals surface area contributed by atoms with Crippen LogP contribution in [0.5, 0.6) is 0 Å². The summed E-state index contributed by atoms with van der Waals surface area (Å²) in [7, 11) is 1.49. The van der Waals surface area contributed by atoms with Gasteiger partial charge in [0.05, 0.1) is 10.7 Å². The SMILES string of the molecule is CCn1[nH]cc(C(=O)c2cc(Cl)c3c(c2C)C(=NOC)CCS3)c1=O. The number of thioether (sulfide) groups is 1. The zero-order chi connectivity index (χ0) is 18.1. The molecule has 8 heteroatoms. The predicted octanol–water partition coefficient (Wildman–Crippen LogP) is 3.24. The Balaban J connectivity index is 2.18. The van der Waals surface area contributed by atoms with Crippen LogP contribution >= 0.6 is 23.4 Å². The zero-order valence-electron chi connectivity index (χ0n) is 14.2. The second-order valence-corrected chi connectivity index (χ2v) is 7.13. The maximum Gasteiger partial charge on any atom is 0.277 e. The van der Waals surface area contributed by atoms with E-state index in [2.05, 4.69) is 10.3 Å². The average molecular weight is 380 g/mol. The molecule has 0 saturated heterocycles. The number of carbonyl (C=O) groups is 1. The van der Waals surface area contributed by atoms with Crippen molar-refractivity contribution in [3.63, 3.8) is 0 Å². The van der Waals surface area contributed by atoms with Crippen LogP contribution < -0.4 is 5.56 Å². The summed E-state index contributed by atoms with van der Waals surface area (Å²) in [4.78, 5) is 31.1. The molecule has 3 rings (SSSR count). The molecule has 0 bridgehead atoms. The number of carbonyl (C=O) groups excluding carboxylic acids is 1. The topological polar surface area (TPSA) is 76.4 Å². The lowest BCUT2D eigenvalue weighted by atomic mass is 9.93. The third kappa shape index (κ3) is 3.02. The first-order chi connectivity index (χ1) is 12.0. The molecule has 0 saturated carbocycles. The van der Waals surface area contributed by atoms with E-state index in [1.165, 1.54) is 18.0 Å². The molecule has 1 aromatic heterocycles. The van der Waals surface area contributed by atoms with Crippen LogP contribution in [0.4, 0.5) is 0 Å². The van der Waals surface area contributed by atoms with Gasteiger partial charge in [0.25, 0.3) is 5.56 Å². The highest BCUT2D eigenvalue weighted by Crippen LogP contribution is 2.39. The third-order valence-electron chi connectivity index (χ3n) is 4.22. The van der Waals surface area contributed by atoms with E-state index >= 15 is 0 Å². The fourth-order valence-electron chi connectivity index (χ4n) is 2.98. The number of hydrogen-bond acceptors (Lipinski definition) is 5. The fraction of sp³-hybridized carbons (Fsp3) is 0.353. The van der Waals surface area contributed by atoms with Crippen LogP contribution in [0.3, 0.4) is 0 Å². The summed E-state index contributed by atoms with van der Waals surface area (Å²) in [6.07, 6.45) is 2.17. The highest BCUT2D eigenvalue weighted by Gasteiger charge is 2.27. The molecule has 1 aromatic carbocycles. The van der Waals surface area contributed by atoms with E-state index < -0.39 is 0 Å². The summed E-state index contributed by atoms with van der Waals surface area (Å²) in [6.45, 7) is 4.15. The number of aromatic nitrogens is 2. The molecule has 0 radical (unpaired) electrons. The Kier molecular flexibility index (Phi) is 5.06. The second kappa shape index (κ2) is 7.09. The van der Waals surface area contributed by atoms with Gasteiger partial charge in [0.2, 0.25) is 5.78 Å². The number of H-pyrrole nitrogens is 1. The molecule has 1 aliphatic heterocycles. The molecule has 0 aliphatic carbocycles. The summed E-state index contributed by atoms with van der Waals surface area (Å²) >= 11 is 8.06. The zero-order valence-corrected chi connectivity index (χ0v) is 15.8. The minimum atomic E-state index is -0.344. The molecule has 0 spiro atoms. The number of aryl methyl sites for hydroxylation is 1. The van der Waals surface area contributed by atoms with Crippen LogP contribution in [0.25, 0.3) is 0 Å². The first kappa shape index (κ1) is 17.8. The Labute approximate surface area is 154 Å². The lowest BCUT2D eigenvalue weighted by Crippen LogP contribution is -2.22. The van der Waals surface area contributed by atoms with Gasteiger partial charge in [-0.3, -0.25) is 14.3 Å². The van der Waals surface area contributed by atoms with E-state index in [-0.39, 0.29) is 16.9 Å². The summed E-state index contributed by atoms with van der Waals surface area (Å²) in [5.41, 5.74) is 2.55.